The molecule has 1 amide bonds. The fraction of sp³-hybridized carbons (Fsp3) is 0.750. The van der Waals surface area contributed by atoms with Gasteiger partial charge >= 0.3 is 5.97 Å². The number of aliphatic hydroxyl groups excluding tert-OH is 1. The Bertz CT molecular complexity index is 196. The van der Waals surface area contributed by atoms with Gasteiger partial charge in [0.1, 0.15) is 12.6 Å². The maximum absolute atomic E-state index is 10.5. The fourth-order valence-corrected chi connectivity index (χ4v) is 0.896. The first-order chi connectivity index (χ1) is 6.57. The standard InChI is InChI=1S/C8H16N2O4/c9-6(8(13)14)3-1-2-4-10-7(12)5-11/h6,11H,1-5,9H2,(H,10,12)(H,13,14). The van der Waals surface area contributed by atoms with Gasteiger partial charge in [0.15, 0.2) is 0 Å². The van der Waals surface area contributed by atoms with Crippen molar-refractivity contribution in [1.82, 2.24) is 5.32 Å². The summed E-state index contributed by atoms with van der Waals surface area (Å²) in [6, 6.07) is -0.830. The van der Waals surface area contributed by atoms with E-state index in [-0.39, 0.29) is 0 Å². The van der Waals surface area contributed by atoms with Gasteiger partial charge in [-0.05, 0) is 19.3 Å². The van der Waals surface area contributed by atoms with Gasteiger partial charge in [-0.15, -0.1) is 0 Å². The van der Waals surface area contributed by atoms with Crippen LogP contribution in [-0.2, 0) is 9.59 Å². The number of carbonyl (C=O) groups is 2. The zero-order valence-corrected chi connectivity index (χ0v) is 7.90. The van der Waals surface area contributed by atoms with Gasteiger partial charge in [0, 0.05) is 6.54 Å². The molecule has 6 heteroatoms. The van der Waals surface area contributed by atoms with Crippen molar-refractivity contribution in [3.05, 3.63) is 0 Å². The summed E-state index contributed by atoms with van der Waals surface area (Å²) in [6.45, 7) is -0.0830. The number of unbranched alkanes of at least 4 members (excludes halogenated alkanes) is 1. The third-order valence-electron chi connectivity index (χ3n) is 1.72. The van der Waals surface area contributed by atoms with E-state index in [0.29, 0.717) is 25.8 Å². The largest absolute Gasteiger partial charge is 0.480 e. The van der Waals surface area contributed by atoms with Crippen molar-refractivity contribution in [2.75, 3.05) is 13.2 Å². The minimum Gasteiger partial charge on any atom is -0.480 e. The molecule has 0 spiro atoms. The van der Waals surface area contributed by atoms with E-state index >= 15 is 0 Å². The molecule has 0 aliphatic rings. The molecular formula is C8H16N2O4. The normalized spacial score (nSPS) is 12.1. The minimum absolute atomic E-state index is 0.393. The Kier molecular flexibility index (Phi) is 6.69. The predicted octanol–water partition coefficient (Wildman–Crippen LogP) is -1.32. The lowest BCUT2D eigenvalue weighted by atomic mass is 10.1. The van der Waals surface area contributed by atoms with Crippen molar-refractivity contribution in [1.29, 1.82) is 0 Å². The monoisotopic (exact) mass is 204 g/mol. The SMILES string of the molecule is NC(CCCCNC(=O)CO)C(=O)O. The average molecular weight is 204 g/mol. The number of aliphatic carboxylic acids is 1. The Balaban J connectivity index is 3.30. The van der Waals surface area contributed by atoms with Crippen LogP contribution >= 0.6 is 0 Å². The summed E-state index contributed by atoms with van der Waals surface area (Å²) in [5.41, 5.74) is 5.26. The van der Waals surface area contributed by atoms with Gasteiger partial charge in [-0.2, -0.15) is 0 Å². The molecule has 5 N–H and O–H groups in total. The second kappa shape index (κ2) is 7.28. The molecule has 0 bridgehead atoms. The molecule has 0 fully saturated rings. The third-order valence-corrected chi connectivity index (χ3v) is 1.72. The van der Waals surface area contributed by atoms with Crippen molar-refractivity contribution in [2.24, 2.45) is 5.73 Å². The highest BCUT2D eigenvalue weighted by Crippen LogP contribution is 1.97. The molecule has 0 saturated heterocycles. The maximum atomic E-state index is 10.5. The van der Waals surface area contributed by atoms with Gasteiger partial charge in [-0.25, -0.2) is 0 Å². The summed E-state index contributed by atoms with van der Waals surface area (Å²) in [4.78, 5) is 20.8. The summed E-state index contributed by atoms with van der Waals surface area (Å²) < 4.78 is 0. The fourth-order valence-electron chi connectivity index (χ4n) is 0.896. The lowest BCUT2D eigenvalue weighted by molar-refractivity contribution is -0.138. The van der Waals surface area contributed by atoms with Crippen molar-refractivity contribution in [3.8, 4) is 0 Å². The quantitative estimate of drug-likeness (QED) is 0.384. The van der Waals surface area contributed by atoms with E-state index in [4.69, 9.17) is 15.9 Å². The molecule has 1 atom stereocenters. The van der Waals surface area contributed by atoms with Crippen LogP contribution in [0.25, 0.3) is 0 Å². The van der Waals surface area contributed by atoms with Crippen LogP contribution in [0.5, 0.6) is 0 Å². The second-order valence-electron chi connectivity index (χ2n) is 2.95. The molecule has 0 heterocycles. The number of nitrogens with one attached hydrogen (secondary N) is 1. The van der Waals surface area contributed by atoms with E-state index in [1.165, 1.54) is 0 Å². The number of carboxylic acid groups (broad SMARTS) is 1. The molecule has 82 valence electrons. The number of carbonyl (C=O) groups excluding carboxylic acids is 1. The van der Waals surface area contributed by atoms with E-state index in [1.54, 1.807) is 0 Å². The summed E-state index contributed by atoms with van der Waals surface area (Å²) >= 11 is 0. The first-order valence-corrected chi connectivity index (χ1v) is 4.44. The number of carboxylic acids is 1. The minimum atomic E-state index is -1.01. The number of hydrogen-bond acceptors (Lipinski definition) is 4. The van der Waals surface area contributed by atoms with Crippen LogP contribution in [0.4, 0.5) is 0 Å². The Morgan fingerprint density at radius 1 is 1.36 bits per heavy atom. The number of nitrogens with two attached hydrogens (primary N) is 1. The van der Waals surface area contributed by atoms with E-state index in [1.807, 2.05) is 0 Å². The molecule has 0 aliphatic carbocycles. The molecule has 0 aromatic rings. The molecule has 0 aromatic carbocycles. The van der Waals surface area contributed by atoms with Crippen molar-refractivity contribution < 1.29 is 19.8 Å². The van der Waals surface area contributed by atoms with E-state index in [9.17, 15) is 9.59 Å². The first kappa shape index (κ1) is 12.9. The van der Waals surface area contributed by atoms with Crippen LogP contribution in [0.15, 0.2) is 0 Å². The second-order valence-corrected chi connectivity index (χ2v) is 2.95. The molecule has 6 nitrogen and oxygen atoms in total. The Morgan fingerprint density at radius 2 is 2.00 bits per heavy atom. The van der Waals surface area contributed by atoms with Crippen LogP contribution < -0.4 is 11.1 Å². The lowest BCUT2D eigenvalue weighted by Gasteiger charge is -2.06. The van der Waals surface area contributed by atoms with Crippen molar-refractivity contribution >= 4 is 11.9 Å². The van der Waals surface area contributed by atoms with Gasteiger partial charge in [-0.1, -0.05) is 0 Å². The van der Waals surface area contributed by atoms with Gasteiger partial charge in [0.2, 0.25) is 5.91 Å². The number of hydrogen-bond donors (Lipinski definition) is 4. The summed E-state index contributed by atoms with van der Waals surface area (Å²) in [5, 5.41) is 19.2. The van der Waals surface area contributed by atoms with Crippen molar-refractivity contribution in [3.63, 3.8) is 0 Å². The molecule has 0 aliphatic heterocycles. The molecule has 0 saturated carbocycles. The molecule has 0 aromatic heterocycles. The lowest BCUT2D eigenvalue weighted by Crippen LogP contribution is -2.30. The van der Waals surface area contributed by atoms with Crippen LogP contribution in [0.3, 0.4) is 0 Å². The number of rotatable bonds is 7. The van der Waals surface area contributed by atoms with E-state index in [2.05, 4.69) is 5.32 Å². The highest BCUT2D eigenvalue weighted by atomic mass is 16.4. The Morgan fingerprint density at radius 3 is 2.50 bits per heavy atom. The summed E-state index contributed by atoms with van der Waals surface area (Å²) in [5.74, 6) is -1.43. The number of amides is 1. The molecule has 1 unspecified atom stereocenters. The Hall–Kier alpha value is -1.14. The van der Waals surface area contributed by atoms with Gasteiger partial charge < -0.3 is 21.3 Å². The highest BCUT2D eigenvalue weighted by Gasteiger charge is 2.09. The Labute approximate surface area is 82.1 Å². The zero-order chi connectivity index (χ0) is 11.0. The molecule has 0 radical (unpaired) electrons. The predicted molar refractivity (Wildman–Crippen MR) is 49.6 cm³/mol. The van der Waals surface area contributed by atoms with Gasteiger partial charge in [0.25, 0.3) is 0 Å². The summed E-state index contributed by atoms with van der Waals surface area (Å²) in [6.07, 6.45) is 1.69. The third kappa shape index (κ3) is 6.38. The topological polar surface area (TPSA) is 113 Å². The van der Waals surface area contributed by atoms with Crippen LogP contribution in [0.1, 0.15) is 19.3 Å². The van der Waals surface area contributed by atoms with Crippen molar-refractivity contribution in [2.45, 2.75) is 25.3 Å². The van der Waals surface area contributed by atoms with Gasteiger partial charge in [-0.3, -0.25) is 9.59 Å². The molecular weight excluding hydrogens is 188 g/mol. The van der Waals surface area contributed by atoms with Crippen LogP contribution in [0, 0.1) is 0 Å². The average Bonchev–Trinajstić information content (AvgIpc) is 2.16. The highest BCUT2D eigenvalue weighted by molar-refractivity contribution is 5.76. The zero-order valence-electron chi connectivity index (χ0n) is 7.90. The molecule has 14 heavy (non-hydrogen) atoms. The van der Waals surface area contributed by atoms with Crippen LogP contribution in [-0.4, -0.2) is 41.3 Å². The number of aliphatic hydroxyl groups is 1. The smallest absolute Gasteiger partial charge is 0.320 e. The maximum Gasteiger partial charge on any atom is 0.320 e. The first-order valence-electron chi connectivity index (χ1n) is 4.44. The van der Waals surface area contributed by atoms with Crippen LogP contribution in [0.2, 0.25) is 0 Å². The van der Waals surface area contributed by atoms with E-state index < -0.39 is 24.5 Å². The summed E-state index contributed by atoms with van der Waals surface area (Å²) in [7, 11) is 0. The molecule has 0 rings (SSSR count). The van der Waals surface area contributed by atoms with Gasteiger partial charge in [0.05, 0.1) is 0 Å². The van der Waals surface area contributed by atoms with E-state index in [0.717, 1.165) is 0 Å².